The SMILES string of the molecule is C=CC(=O)N(C)C(C=C)c1c(F)cc(C(N)=O)c2[nH]c(C)c(C)c12. The van der Waals surface area contributed by atoms with Crippen molar-refractivity contribution >= 4 is 22.7 Å². The number of aromatic nitrogens is 1. The van der Waals surface area contributed by atoms with E-state index in [1.165, 1.54) is 11.0 Å². The van der Waals surface area contributed by atoms with Crippen molar-refractivity contribution in [3.63, 3.8) is 0 Å². The van der Waals surface area contributed by atoms with Gasteiger partial charge in [-0.1, -0.05) is 12.7 Å². The molecule has 1 atom stereocenters. The molecule has 126 valence electrons. The lowest BCUT2D eigenvalue weighted by Gasteiger charge is -2.26. The van der Waals surface area contributed by atoms with E-state index >= 15 is 0 Å². The molecular weight excluding hydrogens is 309 g/mol. The highest BCUT2D eigenvalue weighted by Crippen LogP contribution is 2.36. The van der Waals surface area contributed by atoms with E-state index in [-0.39, 0.29) is 17.0 Å². The van der Waals surface area contributed by atoms with Gasteiger partial charge in [0.1, 0.15) is 5.82 Å². The number of rotatable bonds is 5. The zero-order valence-electron chi connectivity index (χ0n) is 13.9. The van der Waals surface area contributed by atoms with Gasteiger partial charge in [-0.2, -0.15) is 0 Å². The number of carbonyl (C=O) groups excluding carboxylic acids is 2. The molecule has 5 nitrogen and oxygen atoms in total. The first-order chi connectivity index (χ1) is 11.2. The maximum Gasteiger partial charge on any atom is 0.250 e. The smallest absolute Gasteiger partial charge is 0.250 e. The highest BCUT2D eigenvalue weighted by Gasteiger charge is 2.27. The zero-order valence-corrected chi connectivity index (χ0v) is 13.9. The molecule has 0 aliphatic rings. The first kappa shape index (κ1) is 17.5. The Labute approximate surface area is 139 Å². The molecule has 3 N–H and O–H groups in total. The van der Waals surface area contributed by atoms with Gasteiger partial charge in [-0.25, -0.2) is 4.39 Å². The molecule has 1 aromatic heterocycles. The molecule has 1 aromatic carbocycles. The summed E-state index contributed by atoms with van der Waals surface area (Å²) in [5.74, 6) is -1.71. The van der Waals surface area contributed by atoms with Crippen molar-refractivity contribution in [3.05, 3.63) is 59.6 Å². The number of primary amides is 1. The number of aryl methyl sites for hydroxylation is 2. The average Bonchev–Trinajstić information content (AvgIpc) is 2.83. The van der Waals surface area contributed by atoms with E-state index in [0.29, 0.717) is 10.9 Å². The second-order valence-electron chi connectivity index (χ2n) is 5.64. The second-order valence-corrected chi connectivity index (χ2v) is 5.64. The van der Waals surface area contributed by atoms with Crippen molar-refractivity contribution in [1.29, 1.82) is 0 Å². The third kappa shape index (κ3) is 2.60. The van der Waals surface area contributed by atoms with Crippen molar-refractivity contribution in [1.82, 2.24) is 9.88 Å². The molecule has 0 bridgehead atoms. The third-order valence-electron chi connectivity index (χ3n) is 4.29. The van der Waals surface area contributed by atoms with Crippen LogP contribution in [-0.2, 0) is 4.79 Å². The number of benzene rings is 1. The predicted octanol–water partition coefficient (Wildman–Crippen LogP) is 2.89. The number of likely N-dealkylation sites (N-methyl/N-ethyl adjacent to an activating group) is 1. The number of amides is 2. The fourth-order valence-corrected chi connectivity index (χ4v) is 2.89. The van der Waals surface area contributed by atoms with Crippen LogP contribution >= 0.6 is 0 Å². The lowest BCUT2D eigenvalue weighted by molar-refractivity contribution is -0.126. The Morgan fingerprint density at radius 1 is 1.38 bits per heavy atom. The van der Waals surface area contributed by atoms with Crippen LogP contribution in [0.5, 0.6) is 0 Å². The summed E-state index contributed by atoms with van der Waals surface area (Å²) in [6.45, 7) is 10.8. The largest absolute Gasteiger partial charge is 0.366 e. The van der Waals surface area contributed by atoms with E-state index in [1.807, 2.05) is 13.8 Å². The summed E-state index contributed by atoms with van der Waals surface area (Å²) in [4.78, 5) is 28.0. The Bertz CT molecular complexity index is 867. The summed E-state index contributed by atoms with van der Waals surface area (Å²) in [7, 11) is 1.54. The molecule has 6 heteroatoms. The molecule has 0 aliphatic carbocycles. The van der Waals surface area contributed by atoms with Crippen LogP contribution in [0, 0.1) is 19.7 Å². The number of halogens is 1. The molecule has 0 saturated carbocycles. The first-order valence-corrected chi connectivity index (χ1v) is 7.37. The van der Waals surface area contributed by atoms with E-state index in [9.17, 15) is 14.0 Å². The Hall–Kier alpha value is -2.89. The van der Waals surface area contributed by atoms with Gasteiger partial charge >= 0.3 is 0 Å². The number of aromatic amines is 1. The van der Waals surface area contributed by atoms with Crippen LogP contribution in [-0.4, -0.2) is 28.7 Å². The molecule has 24 heavy (non-hydrogen) atoms. The van der Waals surface area contributed by atoms with Crippen LogP contribution in [0.25, 0.3) is 10.9 Å². The summed E-state index contributed by atoms with van der Waals surface area (Å²) >= 11 is 0. The van der Waals surface area contributed by atoms with E-state index < -0.39 is 17.8 Å². The number of nitrogens with one attached hydrogen (secondary N) is 1. The van der Waals surface area contributed by atoms with Gasteiger partial charge in [-0.3, -0.25) is 9.59 Å². The number of nitrogens with two attached hydrogens (primary N) is 1. The fourth-order valence-electron chi connectivity index (χ4n) is 2.89. The highest BCUT2D eigenvalue weighted by atomic mass is 19.1. The van der Waals surface area contributed by atoms with Crippen LogP contribution in [0.1, 0.15) is 33.2 Å². The van der Waals surface area contributed by atoms with Crippen LogP contribution in [0.15, 0.2) is 31.4 Å². The number of hydrogen-bond acceptors (Lipinski definition) is 2. The topological polar surface area (TPSA) is 79.2 Å². The van der Waals surface area contributed by atoms with E-state index in [0.717, 1.165) is 23.4 Å². The quantitative estimate of drug-likeness (QED) is 0.653. The predicted molar refractivity (Wildman–Crippen MR) is 92.2 cm³/mol. The van der Waals surface area contributed by atoms with Crippen molar-refractivity contribution in [3.8, 4) is 0 Å². The molecule has 0 saturated heterocycles. The summed E-state index contributed by atoms with van der Waals surface area (Å²) < 4.78 is 14.9. The monoisotopic (exact) mass is 329 g/mol. The minimum absolute atomic E-state index is 0.0722. The summed E-state index contributed by atoms with van der Waals surface area (Å²) in [6.07, 6.45) is 2.63. The molecule has 1 unspecified atom stereocenters. The van der Waals surface area contributed by atoms with Gasteiger partial charge in [-0.05, 0) is 31.6 Å². The molecule has 2 aromatic rings. The Morgan fingerprint density at radius 2 is 2.00 bits per heavy atom. The molecule has 0 aliphatic heterocycles. The number of carbonyl (C=O) groups is 2. The molecule has 1 heterocycles. The minimum Gasteiger partial charge on any atom is -0.366 e. The lowest BCUT2D eigenvalue weighted by Crippen LogP contribution is -2.29. The van der Waals surface area contributed by atoms with E-state index in [1.54, 1.807) is 7.05 Å². The number of hydrogen-bond donors (Lipinski definition) is 2. The molecule has 2 amide bonds. The first-order valence-electron chi connectivity index (χ1n) is 7.37. The number of H-pyrrole nitrogens is 1. The number of nitrogens with zero attached hydrogens (tertiary/aromatic N) is 1. The Kier molecular flexibility index (Phi) is 4.59. The van der Waals surface area contributed by atoms with Gasteiger partial charge in [0.2, 0.25) is 5.91 Å². The van der Waals surface area contributed by atoms with Crippen molar-refractivity contribution in [2.45, 2.75) is 19.9 Å². The lowest BCUT2D eigenvalue weighted by atomic mass is 9.95. The standard InChI is InChI=1S/C18H20FN3O2/c1-6-13(22(5)14(23)7-2)16-12(19)8-11(18(20)24)17-15(16)9(3)10(4)21-17/h6-8,13,21H,1-2H2,3-5H3,(H2,20,24). The van der Waals surface area contributed by atoms with E-state index in [4.69, 9.17) is 5.73 Å². The van der Waals surface area contributed by atoms with Gasteiger partial charge in [0, 0.05) is 23.7 Å². The Morgan fingerprint density at radius 3 is 2.50 bits per heavy atom. The summed E-state index contributed by atoms with van der Waals surface area (Å²) in [6, 6.07) is 0.381. The Balaban J connectivity index is 2.88. The normalized spacial score (nSPS) is 12.0. The zero-order chi connectivity index (χ0) is 18.2. The second kappa shape index (κ2) is 6.31. The molecular formula is C18H20FN3O2. The van der Waals surface area contributed by atoms with Crippen LogP contribution < -0.4 is 5.73 Å². The van der Waals surface area contributed by atoms with Crippen molar-refractivity contribution < 1.29 is 14.0 Å². The summed E-state index contributed by atoms with van der Waals surface area (Å²) in [5, 5.41) is 0.537. The van der Waals surface area contributed by atoms with Gasteiger partial charge < -0.3 is 15.6 Å². The molecule has 2 rings (SSSR count). The third-order valence-corrected chi connectivity index (χ3v) is 4.29. The fraction of sp³-hybridized carbons (Fsp3) is 0.222. The van der Waals surface area contributed by atoms with Gasteiger partial charge in [0.25, 0.3) is 5.91 Å². The van der Waals surface area contributed by atoms with Gasteiger partial charge in [-0.15, -0.1) is 6.58 Å². The maximum atomic E-state index is 14.9. The minimum atomic E-state index is -0.725. The van der Waals surface area contributed by atoms with Crippen molar-refractivity contribution in [2.75, 3.05) is 7.05 Å². The van der Waals surface area contributed by atoms with Crippen LogP contribution in [0.3, 0.4) is 0 Å². The van der Waals surface area contributed by atoms with Crippen LogP contribution in [0.2, 0.25) is 0 Å². The molecule has 0 fully saturated rings. The van der Waals surface area contributed by atoms with E-state index in [2.05, 4.69) is 18.1 Å². The molecule has 0 spiro atoms. The highest BCUT2D eigenvalue weighted by molar-refractivity contribution is 6.07. The molecule has 0 radical (unpaired) electrons. The van der Waals surface area contributed by atoms with Crippen molar-refractivity contribution in [2.24, 2.45) is 5.73 Å². The summed E-state index contributed by atoms with van der Waals surface area (Å²) in [5.41, 5.74) is 7.75. The van der Waals surface area contributed by atoms with Gasteiger partial charge in [0.15, 0.2) is 0 Å². The van der Waals surface area contributed by atoms with Crippen LogP contribution in [0.4, 0.5) is 4.39 Å². The average molecular weight is 329 g/mol. The maximum absolute atomic E-state index is 14.9. The number of fused-ring (bicyclic) bond motifs is 1. The van der Waals surface area contributed by atoms with Gasteiger partial charge in [0.05, 0.1) is 17.1 Å².